The molecule has 0 aromatic heterocycles. The van der Waals surface area contributed by atoms with Gasteiger partial charge < -0.3 is 11.1 Å². The van der Waals surface area contributed by atoms with Crippen LogP contribution in [0.4, 0.5) is 0 Å². The van der Waals surface area contributed by atoms with Crippen LogP contribution in [0.3, 0.4) is 0 Å². The van der Waals surface area contributed by atoms with Crippen LogP contribution < -0.4 is 11.1 Å². The Balaban J connectivity index is 1.94. The minimum Gasteiger partial charge on any atom is -0.353 e. The first-order valence-electron chi connectivity index (χ1n) is 6.58. The van der Waals surface area contributed by atoms with Gasteiger partial charge in [-0.2, -0.15) is 0 Å². The van der Waals surface area contributed by atoms with Crippen molar-refractivity contribution in [1.82, 2.24) is 5.32 Å². The molecule has 3 N–H and O–H groups in total. The standard InChI is InChI=1S/C13H24N2O/c1-9-3-5-13(8-14,6-4-9)12(16)15-11-7-10(11)2/h9-11H,3-8,14H2,1-2H3,(H,15,16). The molecule has 0 saturated heterocycles. The van der Waals surface area contributed by atoms with Crippen molar-refractivity contribution in [2.75, 3.05) is 6.54 Å². The zero-order valence-corrected chi connectivity index (χ0v) is 10.5. The molecule has 0 aromatic rings. The van der Waals surface area contributed by atoms with Gasteiger partial charge in [-0.1, -0.05) is 13.8 Å². The van der Waals surface area contributed by atoms with Crippen LogP contribution in [-0.4, -0.2) is 18.5 Å². The fraction of sp³-hybridized carbons (Fsp3) is 0.923. The summed E-state index contributed by atoms with van der Waals surface area (Å²) in [7, 11) is 0. The third-order valence-electron chi connectivity index (χ3n) is 4.53. The second-order valence-electron chi connectivity index (χ2n) is 5.96. The number of carbonyl (C=O) groups excluding carboxylic acids is 1. The van der Waals surface area contributed by atoms with Gasteiger partial charge in [-0.3, -0.25) is 4.79 Å². The van der Waals surface area contributed by atoms with E-state index >= 15 is 0 Å². The molecule has 3 heteroatoms. The van der Waals surface area contributed by atoms with Crippen molar-refractivity contribution in [3.8, 4) is 0 Å². The fourth-order valence-corrected chi connectivity index (χ4v) is 2.68. The molecule has 3 nitrogen and oxygen atoms in total. The van der Waals surface area contributed by atoms with Crippen molar-refractivity contribution in [3.05, 3.63) is 0 Å². The Morgan fingerprint density at radius 3 is 2.38 bits per heavy atom. The molecule has 2 saturated carbocycles. The molecule has 2 aliphatic carbocycles. The zero-order valence-electron chi connectivity index (χ0n) is 10.5. The molecule has 2 rings (SSSR count). The lowest BCUT2D eigenvalue weighted by atomic mass is 9.70. The largest absolute Gasteiger partial charge is 0.353 e. The van der Waals surface area contributed by atoms with Gasteiger partial charge in [0.2, 0.25) is 5.91 Å². The molecule has 92 valence electrons. The molecular formula is C13H24N2O. The summed E-state index contributed by atoms with van der Waals surface area (Å²) in [4.78, 5) is 12.3. The quantitative estimate of drug-likeness (QED) is 0.766. The maximum Gasteiger partial charge on any atom is 0.227 e. The Hall–Kier alpha value is -0.570. The highest BCUT2D eigenvalue weighted by Gasteiger charge is 2.43. The van der Waals surface area contributed by atoms with Crippen LogP contribution in [0.1, 0.15) is 46.0 Å². The molecule has 0 spiro atoms. The smallest absolute Gasteiger partial charge is 0.227 e. The second kappa shape index (κ2) is 4.36. The van der Waals surface area contributed by atoms with Crippen molar-refractivity contribution in [3.63, 3.8) is 0 Å². The molecule has 0 heterocycles. The third-order valence-corrected chi connectivity index (χ3v) is 4.53. The van der Waals surface area contributed by atoms with E-state index in [2.05, 4.69) is 19.2 Å². The van der Waals surface area contributed by atoms with E-state index in [1.54, 1.807) is 0 Å². The Kier molecular flexibility index (Phi) is 3.24. The predicted molar refractivity (Wildman–Crippen MR) is 64.8 cm³/mol. The Labute approximate surface area is 98.2 Å². The van der Waals surface area contributed by atoms with Gasteiger partial charge in [0.25, 0.3) is 0 Å². The maximum atomic E-state index is 12.3. The van der Waals surface area contributed by atoms with Gasteiger partial charge in [0.1, 0.15) is 0 Å². The summed E-state index contributed by atoms with van der Waals surface area (Å²) >= 11 is 0. The average molecular weight is 224 g/mol. The number of nitrogens with two attached hydrogens (primary N) is 1. The normalized spacial score (nSPS) is 42.8. The van der Waals surface area contributed by atoms with Crippen LogP contribution in [0.2, 0.25) is 0 Å². The topological polar surface area (TPSA) is 55.1 Å². The first-order valence-corrected chi connectivity index (χ1v) is 6.58. The summed E-state index contributed by atoms with van der Waals surface area (Å²) in [6, 6.07) is 0.426. The van der Waals surface area contributed by atoms with Crippen molar-refractivity contribution < 1.29 is 4.79 Å². The lowest BCUT2D eigenvalue weighted by Crippen LogP contribution is -2.48. The van der Waals surface area contributed by atoms with Crippen LogP contribution in [0.5, 0.6) is 0 Å². The van der Waals surface area contributed by atoms with E-state index < -0.39 is 0 Å². The Morgan fingerprint density at radius 2 is 1.94 bits per heavy atom. The molecule has 0 radical (unpaired) electrons. The summed E-state index contributed by atoms with van der Waals surface area (Å²) in [6.45, 7) is 4.96. The van der Waals surface area contributed by atoms with Crippen molar-refractivity contribution in [2.45, 2.75) is 52.0 Å². The van der Waals surface area contributed by atoms with Gasteiger partial charge >= 0.3 is 0 Å². The van der Waals surface area contributed by atoms with Gasteiger partial charge in [-0.15, -0.1) is 0 Å². The number of amides is 1. The molecule has 2 fully saturated rings. The van der Waals surface area contributed by atoms with Gasteiger partial charge in [0.05, 0.1) is 5.41 Å². The van der Waals surface area contributed by atoms with Crippen molar-refractivity contribution in [2.24, 2.45) is 23.0 Å². The highest BCUT2D eigenvalue weighted by molar-refractivity contribution is 5.83. The molecule has 0 aliphatic heterocycles. The molecule has 2 atom stereocenters. The number of nitrogens with one attached hydrogen (secondary N) is 1. The summed E-state index contributed by atoms with van der Waals surface area (Å²) in [5.74, 6) is 1.64. The van der Waals surface area contributed by atoms with Crippen molar-refractivity contribution in [1.29, 1.82) is 0 Å². The van der Waals surface area contributed by atoms with E-state index in [9.17, 15) is 4.79 Å². The summed E-state index contributed by atoms with van der Waals surface area (Å²) in [6.07, 6.45) is 5.37. The molecule has 2 unspecified atom stereocenters. The number of rotatable bonds is 3. The highest BCUT2D eigenvalue weighted by Crippen LogP contribution is 2.39. The Morgan fingerprint density at radius 1 is 1.38 bits per heavy atom. The molecule has 1 amide bonds. The van der Waals surface area contributed by atoms with Crippen LogP contribution >= 0.6 is 0 Å². The average Bonchev–Trinajstić information content (AvgIpc) is 2.96. The highest BCUT2D eigenvalue weighted by atomic mass is 16.2. The first-order chi connectivity index (χ1) is 7.57. The van der Waals surface area contributed by atoms with E-state index in [1.165, 1.54) is 0 Å². The van der Waals surface area contributed by atoms with E-state index in [-0.39, 0.29) is 11.3 Å². The lowest BCUT2D eigenvalue weighted by molar-refractivity contribution is -0.133. The van der Waals surface area contributed by atoms with Crippen LogP contribution in [0.15, 0.2) is 0 Å². The van der Waals surface area contributed by atoms with E-state index in [0.29, 0.717) is 18.5 Å². The van der Waals surface area contributed by atoms with Gasteiger partial charge in [0.15, 0.2) is 0 Å². The number of carbonyl (C=O) groups is 1. The van der Waals surface area contributed by atoms with E-state index in [1.807, 2.05) is 0 Å². The summed E-state index contributed by atoms with van der Waals surface area (Å²) in [5.41, 5.74) is 5.60. The Bertz CT molecular complexity index is 269. The number of hydrogen-bond acceptors (Lipinski definition) is 2. The molecule has 0 aromatic carbocycles. The van der Waals surface area contributed by atoms with Gasteiger partial charge in [-0.05, 0) is 43.9 Å². The molecule has 0 bridgehead atoms. The summed E-state index contributed by atoms with van der Waals surface area (Å²) < 4.78 is 0. The van der Waals surface area contributed by atoms with E-state index in [0.717, 1.165) is 38.0 Å². The number of hydrogen-bond donors (Lipinski definition) is 2. The molecule has 16 heavy (non-hydrogen) atoms. The zero-order chi connectivity index (χ0) is 11.8. The predicted octanol–water partition coefficient (Wildman–Crippen LogP) is 1.67. The lowest BCUT2D eigenvalue weighted by Gasteiger charge is -2.37. The minimum atomic E-state index is -0.255. The van der Waals surface area contributed by atoms with Gasteiger partial charge in [0, 0.05) is 12.6 Å². The SMILES string of the molecule is CC1CCC(CN)(C(=O)NC2CC2C)CC1. The fourth-order valence-electron chi connectivity index (χ4n) is 2.68. The van der Waals surface area contributed by atoms with Crippen LogP contribution in [0, 0.1) is 17.3 Å². The van der Waals surface area contributed by atoms with E-state index in [4.69, 9.17) is 5.73 Å². The van der Waals surface area contributed by atoms with Crippen LogP contribution in [-0.2, 0) is 4.79 Å². The third kappa shape index (κ3) is 2.24. The van der Waals surface area contributed by atoms with Crippen LogP contribution in [0.25, 0.3) is 0 Å². The molecule has 2 aliphatic rings. The maximum absolute atomic E-state index is 12.3. The molecular weight excluding hydrogens is 200 g/mol. The first kappa shape index (κ1) is 11.9. The summed E-state index contributed by atoms with van der Waals surface area (Å²) in [5, 5.41) is 3.16. The second-order valence-corrected chi connectivity index (χ2v) is 5.96. The minimum absolute atomic E-state index is 0.219. The monoisotopic (exact) mass is 224 g/mol. The van der Waals surface area contributed by atoms with Gasteiger partial charge in [-0.25, -0.2) is 0 Å². The van der Waals surface area contributed by atoms with Crippen molar-refractivity contribution >= 4 is 5.91 Å².